The number of hydrogen-bond acceptors (Lipinski definition) is 4. The van der Waals surface area contributed by atoms with E-state index in [4.69, 9.17) is 9.47 Å². The minimum Gasteiger partial charge on any atom is -0.379 e. The van der Waals surface area contributed by atoms with Crippen LogP contribution in [0.25, 0.3) is 0 Å². The quantitative estimate of drug-likeness (QED) is 0.871. The van der Waals surface area contributed by atoms with E-state index >= 15 is 0 Å². The normalized spacial score (nSPS) is 20.5. The number of ether oxygens (including phenoxy) is 2. The standard InChI is InChI=1S/C18H20N2O4/c21-17-8-4-7-15(19-17)18(22)20-14-9-10-23-12-16(14)24-11-13-5-2-1-3-6-13/h1-8,14,16H,9-12H2,(H,19,21)(H,20,22)/t14-,16-/m1/s1. The third-order valence-electron chi connectivity index (χ3n) is 3.94. The number of carbonyl (C=O) groups excluding carboxylic acids is 1. The molecule has 1 aromatic heterocycles. The van der Waals surface area contributed by atoms with Crippen LogP contribution in [0.1, 0.15) is 22.5 Å². The number of pyridine rings is 1. The summed E-state index contributed by atoms with van der Waals surface area (Å²) in [6.07, 6.45) is 0.445. The number of aromatic amines is 1. The molecule has 24 heavy (non-hydrogen) atoms. The topological polar surface area (TPSA) is 80.4 Å². The Morgan fingerprint density at radius 1 is 1.21 bits per heavy atom. The Morgan fingerprint density at radius 3 is 2.83 bits per heavy atom. The molecule has 1 aliphatic heterocycles. The van der Waals surface area contributed by atoms with Crippen molar-refractivity contribution in [3.05, 3.63) is 70.1 Å². The van der Waals surface area contributed by atoms with Crippen LogP contribution in [-0.4, -0.2) is 36.3 Å². The molecule has 126 valence electrons. The number of aromatic nitrogens is 1. The van der Waals surface area contributed by atoms with E-state index in [1.807, 2.05) is 30.3 Å². The fourth-order valence-electron chi connectivity index (χ4n) is 2.65. The van der Waals surface area contributed by atoms with Gasteiger partial charge in [0.2, 0.25) is 5.56 Å². The Labute approximate surface area is 139 Å². The van der Waals surface area contributed by atoms with E-state index in [-0.39, 0.29) is 29.3 Å². The molecule has 0 aliphatic carbocycles. The summed E-state index contributed by atoms with van der Waals surface area (Å²) in [6.45, 7) is 1.47. The minimum absolute atomic E-state index is 0.154. The predicted octanol–water partition coefficient (Wildman–Crippen LogP) is 1.48. The first kappa shape index (κ1) is 16.4. The van der Waals surface area contributed by atoms with Crippen LogP contribution in [0.4, 0.5) is 0 Å². The molecule has 0 radical (unpaired) electrons. The molecule has 2 heterocycles. The Hall–Kier alpha value is -2.44. The van der Waals surface area contributed by atoms with Crippen LogP contribution in [0.15, 0.2) is 53.3 Å². The van der Waals surface area contributed by atoms with Crippen LogP contribution in [0, 0.1) is 0 Å². The van der Waals surface area contributed by atoms with E-state index in [0.717, 1.165) is 5.56 Å². The second kappa shape index (κ2) is 7.90. The smallest absolute Gasteiger partial charge is 0.268 e. The Morgan fingerprint density at radius 2 is 2.04 bits per heavy atom. The van der Waals surface area contributed by atoms with E-state index in [9.17, 15) is 9.59 Å². The van der Waals surface area contributed by atoms with E-state index in [1.165, 1.54) is 6.07 Å². The molecule has 0 spiro atoms. The van der Waals surface area contributed by atoms with Crippen molar-refractivity contribution >= 4 is 5.91 Å². The zero-order chi connectivity index (χ0) is 16.8. The van der Waals surface area contributed by atoms with Crippen molar-refractivity contribution in [2.75, 3.05) is 13.2 Å². The highest BCUT2D eigenvalue weighted by molar-refractivity contribution is 5.92. The summed E-state index contributed by atoms with van der Waals surface area (Å²) in [5.41, 5.74) is 1.02. The molecule has 1 aromatic carbocycles. The van der Waals surface area contributed by atoms with Gasteiger partial charge < -0.3 is 19.8 Å². The van der Waals surface area contributed by atoms with Crippen molar-refractivity contribution in [1.29, 1.82) is 0 Å². The molecule has 6 heteroatoms. The maximum Gasteiger partial charge on any atom is 0.268 e. The van der Waals surface area contributed by atoms with Gasteiger partial charge in [0, 0.05) is 12.7 Å². The van der Waals surface area contributed by atoms with E-state index in [0.29, 0.717) is 26.2 Å². The summed E-state index contributed by atoms with van der Waals surface area (Å²) in [5.74, 6) is -0.312. The van der Waals surface area contributed by atoms with Gasteiger partial charge in [-0.2, -0.15) is 0 Å². The van der Waals surface area contributed by atoms with E-state index in [2.05, 4.69) is 10.3 Å². The largest absolute Gasteiger partial charge is 0.379 e. The fraction of sp³-hybridized carbons (Fsp3) is 0.333. The van der Waals surface area contributed by atoms with Gasteiger partial charge in [0.05, 0.1) is 19.3 Å². The van der Waals surface area contributed by atoms with Crippen LogP contribution in [0.3, 0.4) is 0 Å². The fourth-order valence-corrected chi connectivity index (χ4v) is 2.65. The number of nitrogens with one attached hydrogen (secondary N) is 2. The Balaban J connectivity index is 1.61. The molecule has 1 fully saturated rings. The lowest BCUT2D eigenvalue weighted by molar-refractivity contribution is -0.0736. The zero-order valence-electron chi connectivity index (χ0n) is 13.2. The predicted molar refractivity (Wildman–Crippen MR) is 88.8 cm³/mol. The second-order valence-electron chi connectivity index (χ2n) is 5.71. The molecule has 6 nitrogen and oxygen atoms in total. The van der Waals surface area contributed by atoms with Gasteiger partial charge in [-0.3, -0.25) is 9.59 Å². The highest BCUT2D eigenvalue weighted by atomic mass is 16.5. The average Bonchev–Trinajstić information content (AvgIpc) is 2.62. The third kappa shape index (κ3) is 4.31. The van der Waals surface area contributed by atoms with Gasteiger partial charge in [-0.05, 0) is 18.1 Å². The van der Waals surface area contributed by atoms with Gasteiger partial charge >= 0.3 is 0 Å². The van der Waals surface area contributed by atoms with E-state index < -0.39 is 0 Å². The van der Waals surface area contributed by atoms with Crippen molar-refractivity contribution in [3.63, 3.8) is 0 Å². The summed E-state index contributed by atoms with van der Waals surface area (Å²) in [4.78, 5) is 26.2. The maximum absolute atomic E-state index is 12.3. The van der Waals surface area contributed by atoms with Gasteiger partial charge in [-0.25, -0.2) is 0 Å². The lowest BCUT2D eigenvalue weighted by Crippen LogP contribution is -2.50. The first-order valence-electron chi connectivity index (χ1n) is 7.96. The highest BCUT2D eigenvalue weighted by Crippen LogP contribution is 2.14. The molecule has 0 saturated carbocycles. The molecule has 2 aromatic rings. The molecule has 1 aliphatic rings. The molecule has 3 rings (SSSR count). The maximum atomic E-state index is 12.3. The summed E-state index contributed by atoms with van der Waals surface area (Å²) >= 11 is 0. The van der Waals surface area contributed by atoms with Crippen molar-refractivity contribution < 1.29 is 14.3 Å². The molecule has 0 unspecified atom stereocenters. The van der Waals surface area contributed by atoms with Gasteiger partial charge in [-0.1, -0.05) is 36.4 Å². The SMILES string of the molecule is O=C(N[C@@H]1CCOC[C@H]1OCc1ccccc1)c1cccc(=O)[nH]1. The van der Waals surface area contributed by atoms with Crippen LogP contribution in [-0.2, 0) is 16.1 Å². The van der Waals surface area contributed by atoms with Crippen molar-refractivity contribution in [1.82, 2.24) is 10.3 Å². The van der Waals surface area contributed by atoms with Crippen LogP contribution < -0.4 is 10.9 Å². The first-order valence-corrected chi connectivity index (χ1v) is 7.96. The zero-order valence-corrected chi connectivity index (χ0v) is 13.2. The summed E-state index contributed by atoms with van der Waals surface area (Å²) < 4.78 is 11.4. The van der Waals surface area contributed by atoms with Gasteiger partial charge in [0.1, 0.15) is 11.8 Å². The number of hydrogen-bond donors (Lipinski definition) is 2. The number of rotatable bonds is 5. The summed E-state index contributed by atoms with van der Waals surface area (Å²) in [7, 11) is 0. The van der Waals surface area contributed by atoms with Crippen LogP contribution in [0.5, 0.6) is 0 Å². The number of benzene rings is 1. The molecule has 1 amide bonds. The van der Waals surface area contributed by atoms with Crippen molar-refractivity contribution in [2.45, 2.75) is 25.2 Å². The lowest BCUT2D eigenvalue weighted by Gasteiger charge is -2.32. The summed E-state index contributed by atoms with van der Waals surface area (Å²) in [6, 6.07) is 14.2. The molecule has 0 bridgehead atoms. The average molecular weight is 328 g/mol. The number of amides is 1. The monoisotopic (exact) mass is 328 g/mol. The molecule has 2 N–H and O–H groups in total. The number of H-pyrrole nitrogens is 1. The van der Waals surface area contributed by atoms with Crippen molar-refractivity contribution in [2.24, 2.45) is 0 Å². The lowest BCUT2D eigenvalue weighted by atomic mass is 10.1. The van der Waals surface area contributed by atoms with Gasteiger partial charge in [0.25, 0.3) is 5.91 Å². The van der Waals surface area contributed by atoms with Gasteiger partial charge in [0.15, 0.2) is 0 Å². The first-order chi connectivity index (χ1) is 11.7. The van der Waals surface area contributed by atoms with E-state index in [1.54, 1.807) is 12.1 Å². The molecular weight excluding hydrogens is 308 g/mol. The highest BCUT2D eigenvalue weighted by Gasteiger charge is 2.28. The van der Waals surface area contributed by atoms with Gasteiger partial charge in [-0.15, -0.1) is 0 Å². The van der Waals surface area contributed by atoms with Crippen LogP contribution in [0.2, 0.25) is 0 Å². The van der Waals surface area contributed by atoms with Crippen molar-refractivity contribution in [3.8, 4) is 0 Å². The van der Waals surface area contributed by atoms with Crippen LogP contribution >= 0.6 is 0 Å². The minimum atomic E-state index is -0.312. The molecule has 2 atom stereocenters. The molecule has 1 saturated heterocycles. The molecular formula is C18H20N2O4. The second-order valence-corrected chi connectivity index (χ2v) is 5.71. The Kier molecular flexibility index (Phi) is 5.40. The third-order valence-corrected chi connectivity index (χ3v) is 3.94. The number of carbonyl (C=O) groups is 1. The Bertz CT molecular complexity index is 729. The summed E-state index contributed by atoms with van der Waals surface area (Å²) in [5, 5.41) is 2.93.